The van der Waals surface area contributed by atoms with E-state index in [1.54, 1.807) is 19.1 Å². The molecule has 0 aromatic heterocycles. The molecule has 2 heterocycles. The van der Waals surface area contributed by atoms with Gasteiger partial charge in [-0.15, -0.1) is 0 Å². The van der Waals surface area contributed by atoms with E-state index in [9.17, 15) is 14.4 Å². The Labute approximate surface area is 152 Å². The molecular formula is C19H24N2O5. The van der Waals surface area contributed by atoms with Crippen molar-refractivity contribution in [3.8, 4) is 5.75 Å². The van der Waals surface area contributed by atoms with E-state index in [-0.39, 0.29) is 18.4 Å². The number of esters is 1. The van der Waals surface area contributed by atoms with Crippen LogP contribution in [0.3, 0.4) is 0 Å². The van der Waals surface area contributed by atoms with E-state index in [1.807, 2.05) is 13.0 Å². The number of rotatable bonds is 3. The molecule has 2 unspecified atom stereocenters. The minimum absolute atomic E-state index is 0.241. The van der Waals surface area contributed by atoms with Crippen LogP contribution in [0.1, 0.15) is 32.3 Å². The van der Waals surface area contributed by atoms with E-state index >= 15 is 0 Å². The van der Waals surface area contributed by atoms with Gasteiger partial charge in [-0.05, 0) is 51.3 Å². The van der Waals surface area contributed by atoms with Crippen LogP contribution >= 0.6 is 0 Å². The molecular weight excluding hydrogens is 336 g/mol. The zero-order valence-electron chi connectivity index (χ0n) is 15.3. The van der Waals surface area contributed by atoms with Crippen LogP contribution in [0.15, 0.2) is 18.2 Å². The largest absolute Gasteiger partial charge is 0.466 e. The van der Waals surface area contributed by atoms with Crippen molar-refractivity contribution in [1.29, 1.82) is 0 Å². The van der Waals surface area contributed by atoms with Gasteiger partial charge in [-0.25, -0.2) is 0 Å². The van der Waals surface area contributed by atoms with Crippen molar-refractivity contribution in [3.05, 3.63) is 23.8 Å². The van der Waals surface area contributed by atoms with Gasteiger partial charge < -0.3 is 19.7 Å². The number of piperidine rings is 1. The Morgan fingerprint density at radius 1 is 1.42 bits per heavy atom. The van der Waals surface area contributed by atoms with Gasteiger partial charge in [-0.2, -0.15) is 0 Å². The Balaban J connectivity index is 1.79. The van der Waals surface area contributed by atoms with Gasteiger partial charge in [-0.3, -0.25) is 14.4 Å². The van der Waals surface area contributed by atoms with Gasteiger partial charge in [-0.1, -0.05) is 6.07 Å². The number of hydrogen-bond donors (Lipinski definition) is 1. The monoisotopic (exact) mass is 360 g/mol. The molecule has 0 bridgehead atoms. The van der Waals surface area contributed by atoms with Crippen molar-refractivity contribution < 1.29 is 23.9 Å². The summed E-state index contributed by atoms with van der Waals surface area (Å²) >= 11 is 0. The van der Waals surface area contributed by atoms with Crippen LogP contribution < -0.4 is 10.1 Å². The number of ether oxygens (including phenoxy) is 2. The number of likely N-dealkylation sites (tertiary alicyclic amines) is 1. The lowest BCUT2D eigenvalue weighted by Gasteiger charge is -2.39. The lowest BCUT2D eigenvalue weighted by atomic mass is 9.94. The van der Waals surface area contributed by atoms with Crippen molar-refractivity contribution in [1.82, 2.24) is 4.90 Å². The highest BCUT2D eigenvalue weighted by Crippen LogP contribution is 2.35. The number of nitrogens with zero attached hydrogens (tertiary/aromatic N) is 1. The standard InChI is InChI=1S/C19H24N2O5/c1-4-25-16(22)13-6-5-9-21(11-13)18(24)19(3)17(23)20-14-10-12(2)7-8-15(14)26-19/h7-8,10,13H,4-6,9,11H2,1-3H3,(H,20,23). The molecule has 1 aromatic rings. The average molecular weight is 360 g/mol. The van der Waals surface area contributed by atoms with E-state index in [0.717, 1.165) is 5.56 Å². The molecule has 2 aliphatic heterocycles. The van der Waals surface area contributed by atoms with Gasteiger partial charge in [0.05, 0.1) is 18.2 Å². The quantitative estimate of drug-likeness (QED) is 0.657. The van der Waals surface area contributed by atoms with Crippen LogP contribution in [0.5, 0.6) is 5.75 Å². The van der Waals surface area contributed by atoms with Crippen LogP contribution in [0, 0.1) is 12.8 Å². The molecule has 0 saturated carbocycles. The minimum atomic E-state index is -1.65. The molecule has 140 valence electrons. The molecule has 7 heteroatoms. The summed E-state index contributed by atoms with van der Waals surface area (Å²) in [4.78, 5) is 39.2. The normalized spacial score (nSPS) is 25.0. The molecule has 3 rings (SSSR count). The van der Waals surface area contributed by atoms with Crippen LogP contribution in [0.4, 0.5) is 5.69 Å². The molecule has 1 fully saturated rings. The van der Waals surface area contributed by atoms with Gasteiger partial charge >= 0.3 is 5.97 Å². The first-order chi connectivity index (χ1) is 12.3. The summed E-state index contributed by atoms with van der Waals surface area (Å²) in [6.45, 7) is 6.18. The van der Waals surface area contributed by atoms with Gasteiger partial charge in [0.2, 0.25) is 0 Å². The Hall–Kier alpha value is -2.57. The summed E-state index contributed by atoms with van der Waals surface area (Å²) in [5.74, 6) is -1.14. The highest BCUT2D eigenvalue weighted by atomic mass is 16.5. The van der Waals surface area contributed by atoms with Crippen molar-refractivity contribution in [3.63, 3.8) is 0 Å². The van der Waals surface area contributed by atoms with Crippen LogP contribution in [0.25, 0.3) is 0 Å². The molecule has 0 radical (unpaired) electrons. The van der Waals surface area contributed by atoms with E-state index in [4.69, 9.17) is 9.47 Å². The number of aryl methyl sites for hydroxylation is 1. The molecule has 7 nitrogen and oxygen atoms in total. The molecule has 1 N–H and O–H groups in total. The maximum absolute atomic E-state index is 13.1. The Morgan fingerprint density at radius 2 is 2.19 bits per heavy atom. The maximum atomic E-state index is 13.1. The summed E-state index contributed by atoms with van der Waals surface area (Å²) in [7, 11) is 0. The Morgan fingerprint density at radius 3 is 2.92 bits per heavy atom. The summed E-state index contributed by atoms with van der Waals surface area (Å²) < 4.78 is 10.9. The third kappa shape index (κ3) is 3.25. The van der Waals surface area contributed by atoms with E-state index in [2.05, 4.69) is 5.32 Å². The average Bonchev–Trinajstić information content (AvgIpc) is 2.63. The number of carbonyl (C=O) groups is 3. The van der Waals surface area contributed by atoms with Gasteiger partial charge in [0.25, 0.3) is 17.4 Å². The van der Waals surface area contributed by atoms with Gasteiger partial charge in [0.1, 0.15) is 5.75 Å². The third-order valence-corrected chi connectivity index (χ3v) is 4.87. The van der Waals surface area contributed by atoms with E-state index in [0.29, 0.717) is 37.4 Å². The van der Waals surface area contributed by atoms with Gasteiger partial charge in [0.15, 0.2) is 0 Å². The van der Waals surface area contributed by atoms with E-state index < -0.39 is 17.4 Å². The summed E-state index contributed by atoms with van der Waals surface area (Å²) in [5.41, 5.74) is -0.113. The SMILES string of the molecule is CCOC(=O)C1CCCN(C(=O)C2(C)Oc3ccc(C)cc3NC2=O)C1. The molecule has 0 spiro atoms. The molecule has 2 amide bonds. The van der Waals surface area contributed by atoms with Crippen molar-refractivity contribution in [2.45, 2.75) is 39.2 Å². The number of nitrogens with one attached hydrogen (secondary N) is 1. The molecule has 2 atom stereocenters. The molecule has 0 aliphatic carbocycles. The number of anilines is 1. The van der Waals surface area contributed by atoms with Crippen LogP contribution in [-0.4, -0.2) is 48.0 Å². The smallest absolute Gasteiger partial charge is 0.310 e. The second-order valence-electron chi connectivity index (χ2n) is 6.93. The van der Waals surface area contributed by atoms with E-state index in [1.165, 1.54) is 11.8 Å². The topological polar surface area (TPSA) is 84.9 Å². The summed E-state index contributed by atoms with van der Waals surface area (Å²) in [5, 5.41) is 2.76. The number of hydrogen-bond acceptors (Lipinski definition) is 5. The van der Waals surface area contributed by atoms with Gasteiger partial charge in [0, 0.05) is 13.1 Å². The second kappa shape index (κ2) is 6.97. The first-order valence-electron chi connectivity index (χ1n) is 8.92. The number of carbonyl (C=O) groups excluding carboxylic acids is 3. The summed E-state index contributed by atoms with van der Waals surface area (Å²) in [6.07, 6.45) is 1.36. The predicted molar refractivity (Wildman–Crippen MR) is 94.8 cm³/mol. The second-order valence-corrected chi connectivity index (χ2v) is 6.93. The number of amides is 2. The van der Waals surface area contributed by atoms with Crippen LogP contribution in [-0.2, 0) is 19.1 Å². The molecule has 1 saturated heterocycles. The van der Waals surface area contributed by atoms with Crippen molar-refractivity contribution >= 4 is 23.5 Å². The highest BCUT2D eigenvalue weighted by molar-refractivity contribution is 6.15. The first kappa shape index (κ1) is 18.2. The third-order valence-electron chi connectivity index (χ3n) is 4.87. The maximum Gasteiger partial charge on any atom is 0.310 e. The fourth-order valence-corrected chi connectivity index (χ4v) is 3.39. The highest BCUT2D eigenvalue weighted by Gasteiger charge is 2.50. The lowest BCUT2D eigenvalue weighted by molar-refractivity contribution is -0.158. The first-order valence-corrected chi connectivity index (χ1v) is 8.92. The molecule has 26 heavy (non-hydrogen) atoms. The fraction of sp³-hybridized carbons (Fsp3) is 0.526. The van der Waals surface area contributed by atoms with Crippen LogP contribution in [0.2, 0.25) is 0 Å². The number of benzene rings is 1. The fourth-order valence-electron chi connectivity index (χ4n) is 3.39. The zero-order chi connectivity index (χ0) is 18.9. The van der Waals surface area contributed by atoms with Crippen molar-refractivity contribution in [2.24, 2.45) is 5.92 Å². The molecule has 2 aliphatic rings. The Kier molecular flexibility index (Phi) is 4.89. The lowest BCUT2D eigenvalue weighted by Crippen LogP contribution is -2.61. The predicted octanol–water partition coefficient (Wildman–Crippen LogP) is 1.89. The minimum Gasteiger partial charge on any atom is -0.466 e. The Bertz CT molecular complexity index is 747. The molecule has 1 aromatic carbocycles. The zero-order valence-corrected chi connectivity index (χ0v) is 15.3. The van der Waals surface area contributed by atoms with Crippen molar-refractivity contribution in [2.75, 3.05) is 25.0 Å². The number of fused-ring (bicyclic) bond motifs is 1. The summed E-state index contributed by atoms with van der Waals surface area (Å²) in [6, 6.07) is 5.40.